The third-order valence-electron chi connectivity index (χ3n) is 3.71. The van der Waals surface area contributed by atoms with Gasteiger partial charge in [0.2, 0.25) is 0 Å². The SMILES string of the molecule is CCOP(/C=C/CC1CCCN(C(=O)OC(C)(C)C)CC1)OCC. The zero-order chi connectivity index (χ0) is 18.0. The maximum Gasteiger partial charge on any atom is 0.410 e. The number of hydrogen-bond donors (Lipinski definition) is 0. The van der Waals surface area contributed by atoms with Gasteiger partial charge in [0.15, 0.2) is 8.38 Å². The summed E-state index contributed by atoms with van der Waals surface area (Å²) in [5.74, 6) is 2.67. The maximum absolute atomic E-state index is 12.2. The van der Waals surface area contributed by atoms with E-state index in [0.29, 0.717) is 19.1 Å². The van der Waals surface area contributed by atoms with Crippen LogP contribution in [0.2, 0.25) is 0 Å². The summed E-state index contributed by atoms with van der Waals surface area (Å²) in [6.45, 7) is 12.6. The molecule has 0 bridgehead atoms. The third-order valence-corrected chi connectivity index (χ3v) is 5.19. The average Bonchev–Trinajstić information content (AvgIpc) is 2.72. The van der Waals surface area contributed by atoms with Gasteiger partial charge in [0.1, 0.15) is 5.60 Å². The van der Waals surface area contributed by atoms with Crippen molar-refractivity contribution in [2.75, 3.05) is 26.3 Å². The molecule has 5 nitrogen and oxygen atoms in total. The first-order chi connectivity index (χ1) is 11.4. The Bertz CT molecular complexity index is 389. The summed E-state index contributed by atoms with van der Waals surface area (Å²) < 4.78 is 16.6. The Morgan fingerprint density at radius 2 is 1.83 bits per heavy atom. The van der Waals surface area contributed by atoms with Gasteiger partial charge in [-0.3, -0.25) is 0 Å². The fourth-order valence-corrected chi connectivity index (χ4v) is 3.68. The van der Waals surface area contributed by atoms with E-state index in [4.69, 9.17) is 13.8 Å². The molecule has 1 fully saturated rings. The van der Waals surface area contributed by atoms with E-state index in [1.165, 1.54) is 0 Å². The molecule has 0 radical (unpaired) electrons. The molecule has 24 heavy (non-hydrogen) atoms. The van der Waals surface area contributed by atoms with E-state index in [9.17, 15) is 4.79 Å². The number of likely N-dealkylation sites (tertiary alicyclic amines) is 1. The molecule has 140 valence electrons. The fraction of sp³-hybridized carbons (Fsp3) is 0.833. The molecule has 1 heterocycles. The predicted octanol–water partition coefficient (Wildman–Crippen LogP) is 5.31. The summed E-state index contributed by atoms with van der Waals surface area (Å²) in [5.41, 5.74) is -0.429. The molecule has 1 unspecified atom stereocenters. The van der Waals surface area contributed by atoms with E-state index >= 15 is 0 Å². The van der Waals surface area contributed by atoms with Gasteiger partial charge in [0.25, 0.3) is 0 Å². The standard InChI is InChI=1S/C18H34NO4P/c1-6-21-24(22-7-2)15-9-11-16-10-8-13-19(14-12-16)17(20)23-18(3,4)5/h9,15-16H,6-8,10-14H2,1-5H3/b15-9+. The van der Waals surface area contributed by atoms with Gasteiger partial charge in [0, 0.05) is 13.1 Å². The van der Waals surface area contributed by atoms with Crippen LogP contribution in [0.1, 0.15) is 60.3 Å². The van der Waals surface area contributed by atoms with Crippen molar-refractivity contribution in [2.24, 2.45) is 5.92 Å². The minimum absolute atomic E-state index is 0.185. The quantitative estimate of drug-likeness (QED) is 0.578. The minimum atomic E-state index is -0.894. The van der Waals surface area contributed by atoms with Crippen LogP contribution in [0.5, 0.6) is 0 Å². The Hall–Kier alpha value is -0.640. The Balaban J connectivity index is 2.41. The van der Waals surface area contributed by atoms with Gasteiger partial charge in [-0.15, -0.1) is 0 Å². The van der Waals surface area contributed by atoms with Crippen LogP contribution in [0, 0.1) is 5.92 Å². The Morgan fingerprint density at radius 3 is 2.42 bits per heavy atom. The number of ether oxygens (including phenoxy) is 1. The lowest BCUT2D eigenvalue weighted by Gasteiger charge is -2.26. The zero-order valence-electron chi connectivity index (χ0n) is 15.9. The molecule has 0 spiro atoms. The number of hydrogen-bond acceptors (Lipinski definition) is 4. The largest absolute Gasteiger partial charge is 0.444 e. The zero-order valence-corrected chi connectivity index (χ0v) is 16.8. The lowest BCUT2D eigenvalue weighted by molar-refractivity contribution is 0.0255. The monoisotopic (exact) mass is 359 g/mol. The minimum Gasteiger partial charge on any atom is -0.444 e. The van der Waals surface area contributed by atoms with Gasteiger partial charge in [-0.25, -0.2) is 4.79 Å². The third kappa shape index (κ3) is 9.00. The highest BCUT2D eigenvalue weighted by Gasteiger charge is 2.24. The summed E-state index contributed by atoms with van der Waals surface area (Å²) in [6.07, 6.45) is 6.21. The summed E-state index contributed by atoms with van der Waals surface area (Å²) in [4.78, 5) is 14.0. The molecule has 1 aliphatic heterocycles. The first kappa shape index (κ1) is 21.4. The Labute approximate surface area is 148 Å². The molecular weight excluding hydrogens is 325 g/mol. The van der Waals surface area contributed by atoms with Crippen LogP contribution in [-0.4, -0.2) is 42.9 Å². The van der Waals surface area contributed by atoms with Gasteiger partial charge >= 0.3 is 6.09 Å². The molecule has 1 amide bonds. The molecule has 0 aromatic rings. The second-order valence-corrected chi connectivity index (χ2v) is 8.39. The van der Waals surface area contributed by atoms with Gasteiger partial charge in [0.05, 0.1) is 13.2 Å². The van der Waals surface area contributed by atoms with Gasteiger partial charge < -0.3 is 18.7 Å². The lowest BCUT2D eigenvalue weighted by atomic mass is 9.97. The van der Waals surface area contributed by atoms with Crippen molar-refractivity contribution in [2.45, 2.75) is 65.9 Å². The maximum atomic E-state index is 12.2. The molecule has 1 saturated heterocycles. The van der Waals surface area contributed by atoms with Gasteiger partial charge in [-0.1, -0.05) is 6.08 Å². The van der Waals surface area contributed by atoms with Crippen LogP contribution in [-0.2, 0) is 13.8 Å². The fourth-order valence-electron chi connectivity index (χ4n) is 2.63. The normalized spacial score (nSPS) is 19.8. The van der Waals surface area contributed by atoms with Crippen molar-refractivity contribution in [1.82, 2.24) is 4.90 Å². The van der Waals surface area contributed by atoms with Crippen molar-refractivity contribution in [3.05, 3.63) is 11.9 Å². The summed E-state index contributed by atoms with van der Waals surface area (Å²) in [5, 5.41) is 0. The highest BCUT2D eigenvalue weighted by molar-refractivity contribution is 7.50. The van der Waals surface area contributed by atoms with Crippen molar-refractivity contribution in [3.63, 3.8) is 0 Å². The van der Waals surface area contributed by atoms with Crippen LogP contribution in [0.4, 0.5) is 4.79 Å². The second-order valence-electron chi connectivity index (χ2n) is 7.01. The first-order valence-electron chi connectivity index (χ1n) is 9.05. The van der Waals surface area contributed by atoms with E-state index in [1.807, 2.05) is 39.5 Å². The molecule has 0 aliphatic carbocycles. The molecule has 0 aromatic carbocycles. The number of rotatable bonds is 7. The van der Waals surface area contributed by atoms with E-state index in [-0.39, 0.29) is 6.09 Å². The Kier molecular flexibility index (Phi) is 9.87. The number of nitrogens with zero attached hydrogens (tertiary/aromatic N) is 1. The molecular formula is C18H34NO4P. The summed E-state index contributed by atoms with van der Waals surface area (Å²) >= 11 is 0. The van der Waals surface area contributed by atoms with E-state index in [1.54, 1.807) is 0 Å². The molecule has 0 saturated carbocycles. The molecule has 1 rings (SSSR count). The van der Waals surface area contributed by atoms with Crippen molar-refractivity contribution >= 4 is 14.5 Å². The Morgan fingerprint density at radius 1 is 1.17 bits per heavy atom. The number of carbonyl (C=O) groups is 1. The number of allylic oxidation sites excluding steroid dienone is 1. The lowest BCUT2D eigenvalue weighted by Crippen LogP contribution is -2.37. The summed E-state index contributed by atoms with van der Waals surface area (Å²) in [6, 6.07) is 0. The van der Waals surface area contributed by atoms with Crippen LogP contribution in [0.15, 0.2) is 11.9 Å². The second kappa shape index (κ2) is 11.1. The van der Waals surface area contributed by atoms with Gasteiger partial charge in [-0.2, -0.15) is 0 Å². The van der Waals surface area contributed by atoms with E-state index in [2.05, 4.69) is 11.9 Å². The van der Waals surface area contributed by atoms with Crippen LogP contribution in [0.3, 0.4) is 0 Å². The van der Waals surface area contributed by atoms with Crippen LogP contribution < -0.4 is 0 Å². The average molecular weight is 359 g/mol. The van der Waals surface area contributed by atoms with Crippen LogP contribution >= 0.6 is 8.38 Å². The highest BCUT2D eigenvalue weighted by atomic mass is 31.2. The smallest absolute Gasteiger partial charge is 0.410 e. The van der Waals surface area contributed by atoms with E-state index < -0.39 is 14.0 Å². The molecule has 0 N–H and O–H groups in total. The number of amides is 1. The predicted molar refractivity (Wildman–Crippen MR) is 99.1 cm³/mol. The molecule has 0 aromatic heterocycles. The molecule has 1 aliphatic rings. The first-order valence-corrected chi connectivity index (χ1v) is 10.3. The van der Waals surface area contributed by atoms with E-state index in [0.717, 1.165) is 38.8 Å². The summed E-state index contributed by atoms with van der Waals surface area (Å²) in [7, 11) is -0.894. The van der Waals surface area contributed by atoms with Crippen molar-refractivity contribution in [1.29, 1.82) is 0 Å². The topological polar surface area (TPSA) is 48.0 Å². The molecule has 6 heteroatoms. The van der Waals surface area contributed by atoms with Crippen LogP contribution in [0.25, 0.3) is 0 Å². The highest BCUT2D eigenvalue weighted by Crippen LogP contribution is 2.40. The molecule has 1 atom stereocenters. The van der Waals surface area contributed by atoms with Crippen molar-refractivity contribution in [3.8, 4) is 0 Å². The number of carbonyl (C=O) groups excluding carboxylic acids is 1. The van der Waals surface area contributed by atoms with Gasteiger partial charge in [-0.05, 0) is 72.0 Å². The van der Waals surface area contributed by atoms with Crippen molar-refractivity contribution < 1.29 is 18.6 Å².